The lowest BCUT2D eigenvalue weighted by molar-refractivity contribution is -0.696. The van der Waals surface area contributed by atoms with Crippen molar-refractivity contribution in [2.24, 2.45) is 0 Å². The van der Waals surface area contributed by atoms with E-state index in [9.17, 15) is 0 Å². The Hall–Kier alpha value is -1.57. The Kier molecular flexibility index (Phi) is 3.76. The van der Waals surface area contributed by atoms with Gasteiger partial charge in [0.25, 0.3) is 0 Å². The number of imidazole rings is 1. The van der Waals surface area contributed by atoms with E-state index in [1.807, 2.05) is 0 Å². The summed E-state index contributed by atoms with van der Waals surface area (Å²) in [5.41, 5.74) is 1.43. The summed E-state index contributed by atoms with van der Waals surface area (Å²) in [7, 11) is 0. The maximum Gasteiger partial charge on any atom is 0.243 e. The molecule has 0 aliphatic rings. The van der Waals surface area contributed by atoms with Crippen LogP contribution < -0.4 is 4.57 Å². The molecule has 0 bridgehead atoms. The van der Waals surface area contributed by atoms with Crippen molar-refractivity contribution in [1.29, 1.82) is 0 Å². The van der Waals surface area contributed by atoms with Gasteiger partial charge in [-0.25, -0.2) is 9.13 Å². The Bertz CT molecular complexity index is 417. The Morgan fingerprint density at radius 2 is 2.00 bits per heavy atom. The van der Waals surface area contributed by atoms with Crippen molar-refractivity contribution in [3.05, 3.63) is 54.6 Å². The van der Waals surface area contributed by atoms with Crippen LogP contribution >= 0.6 is 0 Å². The van der Waals surface area contributed by atoms with Gasteiger partial charge in [0.2, 0.25) is 6.33 Å². The molecule has 2 rings (SSSR count). The number of nitrogens with zero attached hydrogens (tertiary/aromatic N) is 2. The first-order valence-corrected chi connectivity index (χ1v) is 5.97. The van der Waals surface area contributed by atoms with Gasteiger partial charge >= 0.3 is 0 Å². The fraction of sp³-hybridized carbons (Fsp3) is 0.357. The summed E-state index contributed by atoms with van der Waals surface area (Å²) in [4.78, 5) is 0. The standard InChI is InChI=1S/C14H19N2/c1-2-15-11-12-16(13-15)10-6-9-14-7-4-3-5-8-14/h3-5,7-8,11-13H,2,6,9-10H2,1H3/q+1. The fourth-order valence-electron chi connectivity index (χ4n) is 1.87. The molecule has 1 aromatic carbocycles. The minimum Gasteiger partial charge on any atom is -0.237 e. The summed E-state index contributed by atoms with van der Waals surface area (Å²) in [6, 6.07) is 10.7. The molecule has 0 atom stereocenters. The van der Waals surface area contributed by atoms with E-state index in [1.54, 1.807) is 0 Å². The van der Waals surface area contributed by atoms with Crippen LogP contribution in [0.25, 0.3) is 0 Å². The average molecular weight is 215 g/mol. The van der Waals surface area contributed by atoms with E-state index in [4.69, 9.17) is 0 Å². The van der Waals surface area contributed by atoms with Crippen molar-refractivity contribution in [2.45, 2.75) is 32.9 Å². The van der Waals surface area contributed by atoms with E-state index in [2.05, 4.69) is 65.1 Å². The highest BCUT2D eigenvalue weighted by atomic mass is 15.1. The molecule has 0 saturated heterocycles. The largest absolute Gasteiger partial charge is 0.243 e. The number of benzene rings is 1. The molecule has 0 radical (unpaired) electrons. The van der Waals surface area contributed by atoms with Crippen molar-refractivity contribution in [3.63, 3.8) is 0 Å². The maximum atomic E-state index is 2.26. The van der Waals surface area contributed by atoms with Crippen LogP contribution in [0.3, 0.4) is 0 Å². The second kappa shape index (κ2) is 5.50. The molecule has 1 heterocycles. The highest BCUT2D eigenvalue weighted by molar-refractivity contribution is 5.14. The molecule has 0 amide bonds. The van der Waals surface area contributed by atoms with Crippen molar-refractivity contribution >= 4 is 0 Å². The Morgan fingerprint density at radius 1 is 1.19 bits per heavy atom. The summed E-state index contributed by atoms with van der Waals surface area (Å²) in [5.74, 6) is 0. The van der Waals surface area contributed by atoms with Crippen LogP contribution in [0, 0.1) is 0 Å². The van der Waals surface area contributed by atoms with Gasteiger partial charge in [0.1, 0.15) is 12.4 Å². The quantitative estimate of drug-likeness (QED) is 0.677. The zero-order valence-corrected chi connectivity index (χ0v) is 9.84. The van der Waals surface area contributed by atoms with Crippen LogP contribution in [0.15, 0.2) is 49.1 Å². The Labute approximate surface area is 97.2 Å². The summed E-state index contributed by atoms with van der Waals surface area (Å²) in [5, 5.41) is 0. The lowest BCUT2D eigenvalue weighted by Crippen LogP contribution is -2.31. The first-order valence-electron chi connectivity index (χ1n) is 5.97. The maximum absolute atomic E-state index is 2.26. The summed E-state index contributed by atoms with van der Waals surface area (Å²) >= 11 is 0. The predicted molar refractivity (Wildman–Crippen MR) is 65.1 cm³/mol. The molecule has 0 unspecified atom stereocenters. The van der Waals surface area contributed by atoms with Crippen molar-refractivity contribution in [2.75, 3.05) is 0 Å². The van der Waals surface area contributed by atoms with E-state index in [1.165, 1.54) is 12.0 Å². The zero-order valence-electron chi connectivity index (χ0n) is 9.84. The van der Waals surface area contributed by atoms with Gasteiger partial charge in [0.05, 0.1) is 13.1 Å². The van der Waals surface area contributed by atoms with Gasteiger partial charge in [-0.3, -0.25) is 0 Å². The molecular formula is C14H19N2+. The van der Waals surface area contributed by atoms with E-state index >= 15 is 0 Å². The minimum absolute atomic E-state index is 1.05. The molecular weight excluding hydrogens is 196 g/mol. The molecule has 0 fully saturated rings. The smallest absolute Gasteiger partial charge is 0.237 e. The monoisotopic (exact) mass is 215 g/mol. The number of aryl methyl sites for hydroxylation is 3. The first-order chi connectivity index (χ1) is 7.88. The number of rotatable bonds is 5. The van der Waals surface area contributed by atoms with Gasteiger partial charge in [0, 0.05) is 0 Å². The minimum atomic E-state index is 1.05. The first kappa shape index (κ1) is 10.9. The summed E-state index contributed by atoms with van der Waals surface area (Å²) in [6.07, 6.45) is 8.80. The third kappa shape index (κ3) is 2.96. The zero-order chi connectivity index (χ0) is 11.2. The molecule has 1 aromatic heterocycles. The second-order valence-corrected chi connectivity index (χ2v) is 4.07. The van der Waals surface area contributed by atoms with E-state index in [0.717, 1.165) is 19.5 Å². The fourth-order valence-corrected chi connectivity index (χ4v) is 1.87. The summed E-state index contributed by atoms with van der Waals surface area (Å²) in [6.45, 7) is 4.31. The Balaban J connectivity index is 1.80. The van der Waals surface area contributed by atoms with Crippen LogP contribution in [0.5, 0.6) is 0 Å². The number of hydrogen-bond donors (Lipinski definition) is 0. The van der Waals surface area contributed by atoms with Crippen molar-refractivity contribution in [1.82, 2.24) is 4.57 Å². The van der Waals surface area contributed by atoms with Crippen LogP contribution in [-0.2, 0) is 19.5 Å². The molecule has 2 nitrogen and oxygen atoms in total. The lowest BCUT2D eigenvalue weighted by Gasteiger charge is -1.99. The van der Waals surface area contributed by atoms with Gasteiger partial charge in [-0.2, -0.15) is 0 Å². The molecule has 16 heavy (non-hydrogen) atoms. The van der Waals surface area contributed by atoms with Gasteiger partial charge < -0.3 is 0 Å². The molecule has 2 aromatic rings. The normalized spacial score (nSPS) is 10.6. The molecule has 0 aliphatic carbocycles. The lowest BCUT2D eigenvalue weighted by atomic mass is 10.1. The van der Waals surface area contributed by atoms with Crippen molar-refractivity contribution < 1.29 is 4.57 Å². The van der Waals surface area contributed by atoms with Gasteiger partial charge in [-0.15, -0.1) is 0 Å². The van der Waals surface area contributed by atoms with E-state index in [-0.39, 0.29) is 0 Å². The predicted octanol–water partition coefficient (Wildman–Crippen LogP) is 2.43. The van der Waals surface area contributed by atoms with Gasteiger partial charge in [-0.1, -0.05) is 30.3 Å². The topological polar surface area (TPSA) is 8.81 Å². The van der Waals surface area contributed by atoms with E-state index in [0.29, 0.717) is 0 Å². The van der Waals surface area contributed by atoms with E-state index < -0.39 is 0 Å². The molecule has 0 spiro atoms. The highest BCUT2D eigenvalue weighted by Gasteiger charge is 2.01. The summed E-state index contributed by atoms with van der Waals surface area (Å²) < 4.78 is 4.45. The molecule has 84 valence electrons. The third-order valence-electron chi connectivity index (χ3n) is 2.84. The number of hydrogen-bond acceptors (Lipinski definition) is 0. The van der Waals surface area contributed by atoms with Crippen LogP contribution in [-0.4, -0.2) is 4.57 Å². The Morgan fingerprint density at radius 3 is 2.69 bits per heavy atom. The SMILES string of the molecule is CCn1cc[n+](CCCc2ccccc2)c1. The third-order valence-corrected chi connectivity index (χ3v) is 2.84. The van der Waals surface area contributed by atoms with Crippen LogP contribution in [0.1, 0.15) is 18.9 Å². The van der Waals surface area contributed by atoms with Gasteiger partial charge in [-0.05, 0) is 25.3 Å². The van der Waals surface area contributed by atoms with Gasteiger partial charge in [0.15, 0.2) is 0 Å². The van der Waals surface area contributed by atoms with Crippen LogP contribution in [0.2, 0.25) is 0 Å². The molecule has 2 heteroatoms. The molecule has 0 N–H and O–H groups in total. The molecule has 0 aliphatic heterocycles. The highest BCUT2D eigenvalue weighted by Crippen LogP contribution is 2.01. The number of aromatic nitrogens is 2. The average Bonchev–Trinajstić information content (AvgIpc) is 2.78. The second-order valence-electron chi connectivity index (χ2n) is 4.07. The van der Waals surface area contributed by atoms with Crippen LogP contribution in [0.4, 0.5) is 0 Å². The molecule has 0 saturated carbocycles. The van der Waals surface area contributed by atoms with Crippen molar-refractivity contribution in [3.8, 4) is 0 Å².